The molecule has 1 heterocycles. The molecular weight excluding hydrogens is 442 g/mol. The molecule has 1 aliphatic rings. The fourth-order valence-electron chi connectivity index (χ4n) is 5.04. The van der Waals surface area contributed by atoms with Gasteiger partial charge >= 0.3 is 0 Å². The Morgan fingerprint density at radius 2 is 1.36 bits per heavy atom. The van der Waals surface area contributed by atoms with Gasteiger partial charge in [-0.3, -0.25) is 0 Å². The zero-order valence-corrected chi connectivity index (χ0v) is 20.2. The molecule has 4 aromatic carbocycles. The van der Waals surface area contributed by atoms with Gasteiger partial charge in [-0.2, -0.15) is 0 Å². The van der Waals surface area contributed by atoms with E-state index >= 15 is 0 Å². The standard InChI is InChI=1S/C33H29NO2/c1-4-10-25(11-5-1)24-35-29-18-16-28(17-19-29)34-32-21-20-31(36-30-14-8-3-9-15-30)22-27(32)23-33(34)26-12-6-2-7-13-26/h1-19,23,31H,20-22,24H2. The molecule has 0 saturated heterocycles. The Labute approximate surface area is 212 Å². The molecule has 6 rings (SSSR count). The van der Waals surface area contributed by atoms with Crippen molar-refractivity contribution in [2.24, 2.45) is 0 Å². The van der Waals surface area contributed by atoms with Crippen LogP contribution in [0.2, 0.25) is 0 Å². The van der Waals surface area contributed by atoms with Gasteiger partial charge in [0.1, 0.15) is 24.2 Å². The van der Waals surface area contributed by atoms with Crippen LogP contribution in [0.1, 0.15) is 23.2 Å². The Balaban J connectivity index is 1.29. The SMILES string of the molecule is c1ccc(COc2ccc(-n3c(-c4ccccc4)cc4c3CCC(Oc3ccccc3)C4)cc2)cc1. The van der Waals surface area contributed by atoms with Crippen LogP contribution in [0.4, 0.5) is 0 Å². The molecule has 0 fully saturated rings. The van der Waals surface area contributed by atoms with Crippen LogP contribution in [0.15, 0.2) is 121 Å². The minimum absolute atomic E-state index is 0.188. The molecule has 0 saturated carbocycles. The predicted molar refractivity (Wildman–Crippen MR) is 145 cm³/mol. The topological polar surface area (TPSA) is 23.4 Å². The maximum atomic E-state index is 6.33. The first-order valence-electron chi connectivity index (χ1n) is 12.6. The number of para-hydroxylation sites is 1. The number of aromatic nitrogens is 1. The molecule has 3 nitrogen and oxygen atoms in total. The van der Waals surface area contributed by atoms with Crippen molar-refractivity contribution in [2.45, 2.75) is 32.0 Å². The summed E-state index contributed by atoms with van der Waals surface area (Å²) in [5, 5.41) is 0. The van der Waals surface area contributed by atoms with E-state index < -0.39 is 0 Å². The lowest BCUT2D eigenvalue weighted by Crippen LogP contribution is -2.25. The summed E-state index contributed by atoms with van der Waals surface area (Å²) < 4.78 is 14.8. The van der Waals surface area contributed by atoms with E-state index in [9.17, 15) is 0 Å². The maximum Gasteiger partial charge on any atom is 0.119 e. The van der Waals surface area contributed by atoms with Crippen LogP contribution in [0.3, 0.4) is 0 Å². The molecule has 0 amide bonds. The van der Waals surface area contributed by atoms with Gasteiger partial charge in [-0.25, -0.2) is 0 Å². The second-order valence-electron chi connectivity index (χ2n) is 9.27. The van der Waals surface area contributed by atoms with Crippen molar-refractivity contribution in [3.8, 4) is 28.4 Å². The molecule has 0 aliphatic heterocycles. The monoisotopic (exact) mass is 471 g/mol. The lowest BCUT2D eigenvalue weighted by Gasteiger charge is -2.25. The highest BCUT2D eigenvalue weighted by atomic mass is 16.5. The molecule has 0 radical (unpaired) electrons. The number of nitrogens with zero attached hydrogens (tertiary/aromatic N) is 1. The summed E-state index contributed by atoms with van der Waals surface area (Å²) in [4.78, 5) is 0. The summed E-state index contributed by atoms with van der Waals surface area (Å²) in [7, 11) is 0. The van der Waals surface area contributed by atoms with Crippen molar-refractivity contribution < 1.29 is 9.47 Å². The molecule has 178 valence electrons. The van der Waals surface area contributed by atoms with Gasteiger partial charge in [0.2, 0.25) is 0 Å². The third-order valence-corrected chi connectivity index (χ3v) is 6.80. The predicted octanol–water partition coefficient (Wildman–Crippen LogP) is 7.66. The number of ether oxygens (including phenoxy) is 2. The Morgan fingerprint density at radius 3 is 2.08 bits per heavy atom. The number of fused-ring (bicyclic) bond motifs is 1. The number of benzene rings is 4. The van der Waals surface area contributed by atoms with E-state index in [4.69, 9.17) is 9.47 Å². The van der Waals surface area contributed by atoms with Crippen molar-refractivity contribution >= 4 is 0 Å². The highest BCUT2D eigenvalue weighted by molar-refractivity contribution is 5.66. The zero-order valence-electron chi connectivity index (χ0n) is 20.2. The first kappa shape index (κ1) is 22.2. The molecule has 36 heavy (non-hydrogen) atoms. The van der Waals surface area contributed by atoms with Crippen molar-refractivity contribution in [2.75, 3.05) is 0 Å². The van der Waals surface area contributed by atoms with E-state index in [-0.39, 0.29) is 6.10 Å². The molecule has 1 atom stereocenters. The van der Waals surface area contributed by atoms with Crippen LogP contribution in [-0.4, -0.2) is 10.7 Å². The van der Waals surface area contributed by atoms with Crippen LogP contribution in [0, 0.1) is 0 Å². The second kappa shape index (κ2) is 10.2. The Hall–Kier alpha value is -4.24. The van der Waals surface area contributed by atoms with Gasteiger partial charge in [0.15, 0.2) is 0 Å². The average molecular weight is 472 g/mol. The van der Waals surface area contributed by atoms with E-state index in [1.165, 1.54) is 28.1 Å². The van der Waals surface area contributed by atoms with E-state index in [0.29, 0.717) is 6.61 Å². The molecule has 3 heteroatoms. The van der Waals surface area contributed by atoms with E-state index in [1.54, 1.807) is 0 Å². The highest BCUT2D eigenvalue weighted by Gasteiger charge is 2.26. The maximum absolute atomic E-state index is 6.33. The molecule has 1 aromatic heterocycles. The normalized spacial score (nSPS) is 14.7. The van der Waals surface area contributed by atoms with Crippen LogP contribution in [0.5, 0.6) is 11.5 Å². The average Bonchev–Trinajstić information content (AvgIpc) is 3.33. The summed E-state index contributed by atoms with van der Waals surface area (Å²) in [6, 6.07) is 41.9. The summed E-state index contributed by atoms with van der Waals surface area (Å²) in [5.74, 6) is 1.82. The van der Waals surface area contributed by atoms with E-state index in [1.807, 2.05) is 48.5 Å². The molecule has 0 bridgehead atoms. The van der Waals surface area contributed by atoms with Gasteiger partial charge in [-0.15, -0.1) is 0 Å². The number of hydrogen-bond acceptors (Lipinski definition) is 2. The minimum atomic E-state index is 0.188. The van der Waals surface area contributed by atoms with Crippen LogP contribution >= 0.6 is 0 Å². The highest BCUT2D eigenvalue weighted by Crippen LogP contribution is 2.35. The third-order valence-electron chi connectivity index (χ3n) is 6.80. The number of hydrogen-bond donors (Lipinski definition) is 0. The molecule has 0 spiro atoms. The van der Waals surface area contributed by atoms with E-state index in [2.05, 4.69) is 77.4 Å². The van der Waals surface area contributed by atoms with Crippen LogP contribution in [-0.2, 0) is 19.4 Å². The smallest absolute Gasteiger partial charge is 0.119 e. The van der Waals surface area contributed by atoms with Gasteiger partial charge in [-0.05, 0) is 72.0 Å². The van der Waals surface area contributed by atoms with Gasteiger partial charge in [0, 0.05) is 17.8 Å². The summed E-state index contributed by atoms with van der Waals surface area (Å²) in [6.07, 6.45) is 3.08. The summed E-state index contributed by atoms with van der Waals surface area (Å²) >= 11 is 0. The van der Waals surface area contributed by atoms with E-state index in [0.717, 1.165) is 36.4 Å². The Kier molecular flexibility index (Phi) is 6.28. The summed E-state index contributed by atoms with van der Waals surface area (Å²) in [6.45, 7) is 0.567. The zero-order chi connectivity index (χ0) is 24.2. The van der Waals surface area contributed by atoms with Gasteiger partial charge in [0.25, 0.3) is 0 Å². The largest absolute Gasteiger partial charge is 0.490 e. The Morgan fingerprint density at radius 1 is 0.694 bits per heavy atom. The second-order valence-corrected chi connectivity index (χ2v) is 9.27. The fourth-order valence-corrected chi connectivity index (χ4v) is 5.04. The van der Waals surface area contributed by atoms with Gasteiger partial charge in [0.05, 0.1) is 5.69 Å². The Bertz CT molecular complexity index is 1410. The quantitative estimate of drug-likeness (QED) is 0.243. The first-order valence-corrected chi connectivity index (χ1v) is 12.6. The summed E-state index contributed by atoms with van der Waals surface area (Å²) in [5.41, 5.74) is 7.50. The lowest BCUT2D eigenvalue weighted by molar-refractivity contribution is 0.184. The van der Waals surface area contributed by atoms with Gasteiger partial charge < -0.3 is 14.0 Å². The number of rotatable bonds is 7. The van der Waals surface area contributed by atoms with Crippen molar-refractivity contribution in [1.29, 1.82) is 0 Å². The van der Waals surface area contributed by atoms with Crippen LogP contribution in [0.25, 0.3) is 16.9 Å². The molecule has 0 N–H and O–H groups in total. The third kappa shape index (κ3) is 4.78. The molecule has 1 aliphatic carbocycles. The van der Waals surface area contributed by atoms with Crippen molar-refractivity contribution in [3.63, 3.8) is 0 Å². The fraction of sp³-hybridized carbons (Fsp3) is 0.152. The van der Waals surface area contributed by atoms with Crippen molar-refractivity contribution in [3.05, 3.63) is 138 Å². The first-order chi connectivity index (χ1) is 17.8. The lowest BCUT2D eigenvalue weighted by atomic mass is 9.95. The minimum Gasteiger partial charge on any atom is -0.490 e. The van der Waals surface area contributed by atoms with Gasteiger partial charge in [-0.1, -0.05) is 78.9 Å². The van der Waals surface area contributed by atoms with Crippen LogP contribution < -0.4 is 9.47 Å². The molecule has 5 aromatic rings. The molecule has 1 unspecified atom stereocenters. The van der Waals surface area contributed by atoms with Crippen molar-refractivity contribution in [1.82, 2.24) is 4.57 Å². The molecular formula is C33H29NO2.